The van der Waals surface area contributed by atoms with Gasteiger partial charge in [-0.25, -0.2) is 9.67 Å². The van der Waals surface area contributed by atoms with E-state index in [-0.39, 0.29) is 17.1 Å². The van der Waals surface area contributed by atoms with Crippen molar-refractivity contribution in [1.82, 2.24) is 14.8 Å². The van der Waals surface area contributed by atoms with Crippen LogP contribution in [0.4, 0.5) is 34.6 Å². The molecule has 0 fully saturated rings. The summed E-state index contributed by atoms with van der Waals surface area (Å²) in [5.41, 5.74) is -1.71. The summed E-state index contributed by atoms with van der Waals surface area (Å²) in [5.74, 6) is -1.79. The van der Waals surface area contributed by atoms with Gasteiger partial charge >= 0.3 is 11.9 Å². The van der Waals surface area contributed by atoms with Gasteiger partial charge in [-0.2, -0.15) is 22.7 Å². The maximum Gasteiger partial charge on any atom is 0.416 e. The lowest BCUT2D eigenvalue weighted by molar-refractivity contribution is -0.387. The fraction of sp³-hybridized carbons (Fsp3) is 0.118. The molecule has 0 saturated carbocycles. The molecule has 2 N–H and O–H groups in total. The second kappa shape index (κ2) is 8.14. The standard InChI is InChI=1S/C17H12F4N6O3/c18-12-3-2-11(6-15(12)27(29)30)23-7-16(28)25-13-5-10(17(19,20)21)1-4-14(13)26-9-22-8-24-26/h1-6,8-9,23H,7H2,(H,25,28). The molecule has 0 atom stereocenters. The molecule has 0 radical (unpaired) electrons. The average Bonchev–Trinajstić information content (AvgIpc) is 3.21. The number of rotatable bonds is 6. The van der Waals surface area contributed by atoms with Crippen molar-refractivity contribution in [2.24, 2.45) is 0 Å². The number of nitro benzene ring substituents is 1. The second-order valence-electron chi connectivity index (χ2n) is 5.89. The van der Waals surface area contributed by atoms with Crippen molar-refractivity contribution >= 4 is 23.0 Å². The minimum atomic E-state index is -4.63. The second-order valence-corrected chi connectivity index (χ2v) is 5.89. The van der Waals surface area contributed by atoms with Crippen molar-refractivity contribution in [2.75, 3.05) is 17.2 Å². The predicted molar refractivity (Wildman–Crippen MR) is 96.5 cm³/mol. The lowest BCUT2D eigenvalue weighted by Gasteiger charge is -2.15. The minimum Gasteiger partial charge on any atom is -0.376 e. The fourth-order valence-electron chi connectivity index (χ4n) is 2.48. The van der Waals surface area contributed by atoms with Gasteiger partial charge in [0.25, 0.3) is 0 Å². The normalized spacial score (nSPS) is 11.2. The summed E-state index contributed by atoms with van der Waals surface area (Å²) >= 11 is 0. The molecule has 2 aromatic carbocycles. The van der Waals surface area contributed by atoms with Crippen LogP contribution in [0.3, 0.4) is 0 Å². The van der Waals surface area contributed by atoms with Gasteiger partial charge in [-0.05, 0) is 30.3 Å². The molecular weight excluding hydrogens is 412 g/mol. The molecule has 156 valence electrons. The smallest absolute Gasteiger partial charge is 0.376 e. The quantitative estimate of drug-likeness (QED) is 0.356. The molecule has 1 heterocycles. The first-order chi connectivity index (χ1) is 14.1. The number of carbonyl (C=O) groups excluding carboxylic acids is 1. The van der Waals surface area contributed by atoms with Crippen molar-refractivity contribution in [3.8, 4) is 5.69 Å². The first kappa shape index (κ1) is 20.7. The SMILES string of the molecule is O=C(CNc1ccc(F)c([N+](=O)[O-])c1)Nc1cc(C(F)(F)F)ccc1-n1cncn1. The maximum atomic E-state index is 13.4. The molecule has 0 aliphatic carbocycles. The minimum absolute atomic E-state index is 0.0822. The molecule has 1 amide bonds. The molecular formula is C17H12F4N6O3. The molecule has 1 aromatic heterocycles. The highest BCUT2D eigenvalue weighted by Crippen LogP contribution is 2.33. The van der Waals surface area contributed by atoms with Crippen molar-refractivity contribution in [1.29, 1.82) is 0 Å². The van der Waals surface area contributed by atoms with Gasteiger partial charge in [0.05, 0.1) is 28.4 Å². The number of hydrogen-bond acceptors (Lipinski definition) is 6. The van der Waals surface area contributed by atoms with Crippen LogP contribution in [0.15, 0.2) is 49.1 Å². The van der Waals surface area contributed by atoms with Gasteiger partial charge in [-0.1, -0.05) is 0 Å². The molecule has 0 aliphatic rings. The number of carbonyl (C=O) groups is 1. The van der Waals surface area contributed by atoms with Crippen LogP contribution in [-0.4, -0.2) is 32.1 Å². The molecule has 0 spiro atoms. The highest BCUT2D eigenvalue weighted by atomic mass is 19.4. The maximum absolute atomic E-state index is 13.4. The summed E-state index contributed by atoms with van der Waals surface area (Å²) in [5, 5.41) is 19.5. The predicted octanol–water partition coefficient (Wildman–Crippen LogP) is 3.38. The molecule has 0 bridgehead atoms. The fourth-order valence-corrected chi connectivity index (χ4v) is 2.48. The Hall–Kier alpha value is -4.03. The van der Waals surface area contributed by atoms with E-state index in [2.05, 4.69) is 20.7 Å². The lowest BCUT2D eigenvalue weighted by atomic mass is 10.1. The molecule has 0 aliphatic heterocycles. The van der Waals surface area contributed by atoms with Crippen molar-refractivity contribution in [2.45, 2.75) is 6.18 Å². The molecule has 9 nitrogen and oxygen atoms in total. The molecule has 3 rings (SSSR count). The van der Waals surface area contributed by atoms with Crippen molar-refractivity contribution in [3.05, 3.63) is 70.5 Å². The largest absolute Gasteiger partial charge is 0.416 e. The third-order valence-electron chi connectivity index (χ3n) is 3.86. The van der Waals surface area contributed by atoms with E-state index in [4.69, 9.17) is 0 Å². The number of benzene rings is 2. The van der Waals surface area contributed by atoms with Crippen molar-refractivity contribution < 1.29 is 27.3 Å². The third kappa shape index (κ3) is 4.68. The highest BCUT2D eigenvalue weighted by molar-refractivity contribution is 5.95. The van der Waals surface area contributed by atoms with Gasteiger partial charge in [0.15, 0.2) is 0 Å². The van der Waals surface area contributed by atoms with E-state index in [0.29, 0.717) is 0 Å². The number of anilines is 2. The Morgan fingerprint density at radius 2 is 1.97 bits per heavy atom. The number of amides is 1. The molecule has 0 saturated heterocycles. The van der Waals surface area contributed by atoms with E-state index in [0.717, 1.165) is 30.3 Å². The van der Waals surface area contributed by atoms with Gasteiger partial charge in [-0.3, -0.25) is 14.9 Å². The van der Waals surface area contributed by atoms with Gasteiger partial charge in [0.1, 0.15) is 12.7 Å². The molecule has 3 aromatic rings. The Labute approximate surface area is 165 Å². The zero-order chi connectivity index (χ0) is 21.9. The average molecular weight is 424 g/mol. The summed E-state index contributed by atoms with van der Waals surface area (Å²) in [7, 11) is 0. The van der Waals surface area contributed by atoms with E-state index < -0.39 is 40.6 Å². The first-order valence-electron chi connectivity index (χ1n) is 8.19. The highest BCUT2D eigenvalue weighted by Gasteiger charge is 2.31. The van der Waals surface area contributed by atoms with E-state index in [9.17, 15) is 32.5 Å². The van der Waals surface area contributed by atoms with E-state index in [1.807, 2.05) is 0 Å². The number of nitrogens with zero attached hydrogens (tertiary/aromatic N) is 4. The Kier molecular flexibility index (Phi) is 5.62. The Bertz CT molecular complexity index is 1090. The molecule has 30 heavy (non-hydrogen) atoms. The Morgan fingerprint density at radius 3 is 2.60 bits per heavy atom. The van der Waals surface area contributed by atoms with Crippen LogP contribution < -0.4 is 10.6 Å². The Balaban J connectivity index is 1.79. The number of halogens is 4. The van der Waals surface area contributed by atoms with E-state index in [1.54, 1.807) is 0 Å². The van der Waals surface area contributed by atoms with Gasteiger partial charge in [0, 0.05) is 11.8 Å². The summed E-state index contributed by atoms with van der Waals surface area (Å²) in [4.78, 5) is 25.8. The number of aromatic nitrogens is 3. The summed E-state index contributed by atoms with van der Waals surface area (Å²) < 4.78 is 53.7. The number of nitrogens with one attached hydrogen (secondary N) is 2. The lowest BCUT2D eigenvalue weighted by Crippen LogP contribution is -2.23. The van der Waals surface area contributed by atoms with Gasteiger partial charge in [-0.15, -0.1) is 0 Å². The zero-order valence-electron chi connectivity index (χ0n) is 14.9. The van der Waals surface area contributed by atoms with Crippen LogP contribution in [-0.2, 0) is 11.0 Å². The van der Waals surface area contributed by atoms with Crippen LogP contribution in [0.5, 0.6) is 0 Å². The topological polar surface area (TPSA) is 115 Å². The number of nitro groups is 1. The van der Waals surface area contributed by atoms with Crippen LogP contribution in [0.1, 0.15) is 5.56 Å². The zero-order valence-corrected chi connectivity index (χ0v) is 14.9. The number of alkyl halides is 3. The van der Waals surface area contributed by atoms with E-state index >= 15 is 0 Å². The summed E-state index contributed by atoms with van der Waals surface area (Å²) in [6.07, 6.45) is -2.22. The van der Waals surface area contributed by atoms with Crippen LogP contribution in [0, 0.1) is 15.9 Å². The van der Waals surface area contributed by atoms with Gasteiger partial charge in [0.2, 0.25) is 11.7 Å². The Morgan fingerprint density at radius 1 is 1.20 bits per heavy atom. The van der Waals surface area contributed by atoms with Crippen molar-refractivity contribution in [3.63, 3.8) is 0 Å². The number of hydrogen-bond donors (Lipinski definition) is 2. The monoisotopic (exact) mass is 424 g/mol. The summed E-state index contributed by atoms with van der Waals surface area (Å²) in [6, 6.07) is 5.65. The van der Waals surface area contributed by atoms with Crippen LogP contribution in [0.2, 0.25) is 0 Å². The van der Waals surface area contributed by atoms with Crippen LogP contribution in [0.25, 0.3) is 5.69 Å². The van der Waals surface area contributed by atoms with E-state index in [1.165, 1.54) is 23.4 Å². The molecule has 0 unspecified atom stereocenters. The first-order valence-corrected chi connectivity index (χ1v) is 8.19. The van der Waals surface area contributed by atoms with Crippen LogP contribution >= 0.6 is 0 Å². The molecule has 13 heteroatoms. The summed E-state index contributed by atoms with van der Waals surface area (Å²) in [6.45, 7) is -0.449. The third-order valence-corrected chi connectivity index (χ3v) is 3.86. The van der Waals surface area contributed by atoms with Gasteiger partial charge < -0.3 is 10.6 Å².